The molecule has 5 heteroatoms. The first-order valence-corrected chi connectivity index (χ1v) is 16.2. The van der Waals surface area contributed by atoms with Crippen molar-refractivity contribution in [1.29, 1.82) is 0 Å². The van der Waals surface area contributed by atoms with Crippen LogP contribution in [0.4, 0.5) is 0 Å². The van der Waals surface area contributed by atoms with Crippen molar-refractivity contribution in [3.63, 3.8) is 0 Å². The van der Waals surface area contributed by atoms with Crippen LogP contribution in [0.5, 0.6) is 11.5 Å². The van der Waals surface area contributed by atoms with E-state index in [1.807, 2.05) is 53.5 Å². The van der Waals surface area contributed by atoms with Crippen LogP contribution in [-0.4, -0.2) is 20.0 Å². The number of benzene rings is 2. The average Bonchev–Trinajstić information content (AvgIpc) is 3.59. The summed E-state index contributed by atoms with van der Waals surface area (Å²) in [5.74, 6) is 2.35. The zero-order valence-electron chi connectivity index (χ0n) is 26.1. The van der Waals surface area contributed by atoms with Gasteiger partial charge in [-0.05, 0) is 84.4 Å². The van der Waals surface area contributed by atoms with Crippen LogP contribution in [0, 0.1) is 11.8 Å². The molecule has 0 aliphatic heterocycles. The van der Waals surface area contributed by atoms with Gasteiger partial charge >= 0.3 is 0 Å². The van der Waals surface area contributed by atoms with E-state index in [0.717, 1.165) is 41.4 Å². The first-order chi connectivity index (χ1) is 22.6. The molecular weight excluding hydrogens is 564 g/mol. The molecule has 4 aromatic rings. The SMILES string of the molecule is CC1=CC=CC(C)C1c1cn(-c2cccc(Oc3cccc(C4(c5ccccn5)C5=C(C6=CCCC=C6)C=CC=C[C@H]54)c3)c2)nn1. The highest BCUT2D eigenvalue weighted by Crippen LogP contribution is 2.66. The fourth-order valence-electron chi connectivity index (χ4n) is 7.52. The van der Waals surface area contributed by atoms with Crippen LogP contribution in [-0.2, 0) is 5.41 Å². The van der Waals surface area contributed by atoms with Gasteiger partial charge < -0.3 is 4.74 Å². The van der Waals surface area contributed by atoms with Crippen molar-refractivity contribution in [2.75, 3.05) is 0 Å². The molecule has 3 unspecified atom stereocenters. The normalized spacial score (nSPS) is 24.7. The Morgan fingerprint density at radius 1 is 0.891 bits per heavy atom. The van der Waals surface area contributed by atoms with E-state index in [4.69, 9.17) is 9.72 Å². The van der Waals surface area contributed by atoms with Crippen LogP contribution in [0.2, 0.25) is 0 Å². The van der Waals surface area contributed by atoms with E-state index < -0.39 is 0 Å². The molecule has 2 heterocycles. The van der Waals surface area contributed by atoms with E-state index >= 15 is 0 Å². The molecule has 1 fully saturated rings. The van der Waals surface area contributed by atoms with Crippen molar-refractivity contribution >= 4 is 0 Å². The zero-order valence-corrected chi connectivity index (χ0v) is 26.1. The van der Waals surface area contributed by atoms with Crippen molar-refractivity contribution < 1.29 is 4.74 Å². The predicted octanol–water partition coefficient (Wildman–Crippen LogP) is 9.31. The van der Waals surface area contributed by atoms with Gasteiger partial charge in [0.15, 0.2) is 0 Å². The lowest BCUT2D eigenvalue weighted by Crippen LogP contribution is -2.15. The topological polar surface area (TPSA) is 52.8 Å². The van der Waals surface area contributed by atoms with Crippen LogP contribution in [0.3, 0.4) is 0 Å². The van der Waals surface area contributed by atoms with Gasteiger partial charge in [0.1, 0.15) is 11.5 Å². The molecule has 0 amide bonds. The number of fused-ring (bicyclic) bond motifs is 1. The van der Waals surface area contributed by atoms with Gasteiger partial charge in [-0.25, -0.2) is 4.68 Å². The van der Waals surface area contributed by atoms with Crippen molar-refractivity contribution in [3.05, 3.63) is 179 Å². The number of rotatable bonds is 7. The van der Waals surface area contributed by atoms with E-state index in [1.165, 1.54) is 27.9 Å². The Labute approximate surface area is 270 Å². The van der Waals surface area contributed by atoms with Gasteiger partial charge in [-0.2, -0.15) is 0 Å². The molecule has 5 nitrogen and oxygen atoms in total. The van der Waals surface area contributed by atoms with Crippen LogP contribution in [0.15, 0.2) is 162 Å². The van der Waals surface area contributed by atoms with Gasteiger partial charge in [-0.15, -0.1) is 5.10 Å². The maximum Gasteiger partial charge on any atom is 0.129 e. The second-order valence-electron chi connectivity index (χ2n) is 12.6. The maximum absolute atomic E-state index is 6.55. The summed E-state index contributed by atoms with van der Waals surface area (Å²) in [5, 5.41) is 9.04. The van der Waals surface area contributed by atoms with E-state index in [-0.39, 0.29) is 17.3 Å². The number of pyridine rings is 1. The van der Waals surface area contributed by atoms with Gasteiger partial charge in [0, 0.05) is 24.1 Å². The molecule has 0 spiro atoms. The molecule has 1 saturated carbocycles. The molecule has 2 aromatic heterocycles. The number of allylic oxidation sites excluding steroid dienone is 14. The van der Waals surface area contributed by atoms with Gasteiger partial charge in [0.2, 0.25) is 0 Å². The molecular formula is C41H36N4O. The number of ether oxygens (including phenoxy) is 1. The lowest BCUT2D eigenvalue weighted by atomic mass is 9.82. The summed E-state index contributed by atoms with van der Waals surface area (Å²) in [7, 11) is 0. The fraction of sp³-hybridized carbons (Fsp3) is 0.195. The minimum absolute atomic E-state index is 0.213. The quantitative estimate of drug-likeness (QED) is 0.212. The van der Waals surface area contributed by atoms with E-state index in [1.54, 1.807) is 0 Å². The lowest BCUT2D eigenvalue weighted by molar-refractivity contribution is 0.480. The largest absolute Gasteiger partial charge is 0.457 e. The first kappa shape index (κ1) is 28.2. The van der Waals surface area contributed by atoms with Crippen LogP contribution < -0.4 is 4.74 Å². The third-order valence-electron chi connectivity index (χ3n) is 9.69. The minimum Gasteiger partial charge on any atom is -0.457 e. The second kappa shape index (κ2) is 11.6. The van der Waals surface area contributed by atoms with Crippen LogP contribution in [0.1, 0.15) is 49.6 Å². The minimum atomic E-state index is -0.361. The summed E-state index contributed by atoms with van der Waals surface area (Å²) in [4.78, 5) is 4.93. The molecule has 4 atom stereocenters. The Kier molecular flexibility index (Phi) is 7.09. The number of hydrogen-bond acceptors (Lipinski definition) is 4. The molecule has 46 heavy (non-hydrogen) atoms. The molecule has 4 aliphatic rings. The summed E-state index contributed by atoms with van der Waals surface area (Å²) < 4.78 is 8.39. The highest BCUT2D eigenvalue weighted by atomic mass is 16.5. The van der Waals surface area contributed by atoms with E-state index in [2.05, 4.69) is 115 Å². The van der Waals surface area contributed by atoms with Crippen molar-refractivity contribution in [3.8, 4) is 17.2 Å². The summed E-state index contributed by atoms with van der Waals surface area (Å²) in [5.41, 5.74) is 9.04. The highest BCUT2D eigenvalue weighted by molar-refractivity contribution is 5.72. The number of nitrogens with zero attached hydrogens (tertiary/aromatic N) is 4. The predicted molar refractivity (Wildman–Crippen MR) is 183 cm³/mol. The monoisotopic (exact) mass is 600 g/mol. The number of aromatic nitrogens is 4. The fourth-order valence-corrected chi connectivity index (χ4v) is 7.52. The van der Waals surface area contributed by atoms with E-state index in [9.17, 15) is 0 Å². The Balaban J connectivity index is 1.13. The van der Waals surface area contributed by atoms with Crippen molar-refractivity contribution in [2.45, 2.75) is 38.0 Å². The average molecular weight is 601 g/mol. The summed E-state index contributed by atoms with van der Waals surface area (Å²) >= 11 is 0. The first-order valence-electron chi connectivity index (χ1n) is 16.2. The van der Waals surface area contributed by atoms with Crippen LogP contribution in [0.25, 0.3) is 5.69 Å². The van der Waals surface area contributed by atoms with Crippen LogP contribution >= 0.6 is 0 Å². The molecule has 2 aromatic carbocycles. The summed E-state index contributed by atoms with van der Waals surface area (Å²) in [6.07, 6.45) is 28.5. The molecule has 0 radical (unpaired) electrons. The zero-order chi connectivity index (χ0) is 31.1. The van der Waals surface area contributed by atoms with Crippen molar-refractivity contribution in [2.24, 2.45) is 11.8 Å². The third kappa shape index (κ3) is 4.83. The standard InChI is InChI=1S/C41H36N4O/c1-28-13-10-14-29(2)39(28)37-27-45(44-43-37)32-18-12-20-34(26-32)46-33-19-11-17-31(25-33)41(38-23-8-9-24-42-38)36-22-7-6-21-35(40(36)41)30-15-4-3-5-16-30/h4,6-28,36,39H,3,5H2,1-2H3/t28?,36-,39?,41?/m1/s1. The van der Waals surface area contributed by atoms with E-state index in [0.29, 0.717) is 5.92 Å². The Morgan fingerprint density at radius 2 is 1.78 bits per heavy atom. The maximum atomic E-state index is 6.55. The smallest absolute Gasteiger partial charge is 0.129 e. The Hall–Kier alpha value is -5.29. The Morgan fingerprint density at radius 3 is 2.61 bits per heavy atom. The van der Waals surface area contributed by atoms with Gasteiger partial charge in [-0.3, -0.25) is 4.98 Å². The molecule has 0 N–H and O–H groups in total. The highest BCUT2D eigenvalue weighted by Gasteiger charge is 2.63. The third-order valence-corrected chi connectivity index (χ3v) is 9.69. The summed E-state index contributed by atoms with van der Waals surface area (Å²) in [6.45, 7) is 4.39. The molecule has 4 aliphatic carbocycles. The van der Waals surface area contributed by atoms with Gasteiger partial charge in [0.25, 0.3) is 0 Å². The lowest BCUT2D eigenvalue weighted by Gasteiger charge is -2.22. The molecule has 0 bridgehead atoms. The summed E-state index contributed by atoms with van der Waals surface area (Å²) in [6, 6.07) is 22.8. The Bertz CT molecular complexity index is 2020. The number of hydrogen-bond donors (Lipinski definition) is 0. The van der Waals surface area contributed by atoms with Gasteiger partial charge in [-0.1, -0.05) is 103 Å². The second-order valence-corrected chi connectivity index (χ2v) is 12.6. The van der Waals surface area contributed by atoms with Gasteiger partial charge in [0.05, 0.1) is 28.7 Å². The van der Waals surface area contributed by atoms with Crippen molar-refractivity contribution in [1.82, 2.24) is 20.0 Å². The molecule has 8 rings (SSSR count). The molecule has 0 saturated heterocycles. The molecule has 226 valence electrons.